The molecular weight excluding hydrogens is 274 g/mol. The van der Waals surface area contributed by atoms with Crippen molar-refractivity contribution in [3.05, 3.63) is 22.7 Å². The Balaban J connectivity index is 1.74. The Bertz CT molecular complexity index is 532. The van der Waals surface area contributed by atoms with Crippen LogP contribution in [0.4, 0.5) is 11.4 Å². The maximum Gasteiger partial charge on any atom is 0.228 e. The van der Waals surface area contributed by atoms with E-state index < -0.39 is 0 Å². The number of nitrogens with one attached hydrogen (secondary N) is 2. The Morgan fingerprint density at radius 3 is 3.05 bits per heavy atom. The van der Waals surface area contributed by atoms with Crippen LogP contribution in [0.5, 0.6) is 0 Å². The van der Waals surface area contributed by atoms with Gasteiger partial charge in [-0.25, -0.2) is 0 Å². The summed E-state index contributed by atoms with van der Waals surface area (Å²) in [6.07, 6.45) is 3.95. The van der Waals surface area contributed by atoms with Gasteiger partial charge in [-0.15, -0.1) is 0 Å². The lowest BCUT2D eigenvalue weighted by Crippen LogP contribution is -2.23. The largest absolute Gasteiger partial charge is 0.381 e. The molecule has 5 heteroatoms. The van der Waals surface area contributed by atoms with Crippen molar-refractivity contribution in [3.8, 4) is 0 Å². The van der Waals surface area contributed by atoms with Crippen LogP contribution >= 0.6 is 11.6 Å². The molecule has 1 unspecified atom stereocenters. The fourth-order valence-electron chi connectivity index (χ4n) is 2.96. The molecule has 4 nitrogen and oxygen atoms in total. The summed E-state index contributed by atoms with van der Waals surface area (Å²) in [7, 11) is 2.17. The van der Waals surface area contributed by atoms with Crippen LogP contribution in [0.2, 0.25) is 5.02 Å². The molecule has 1 saturated heterocycles. The molecule has 0 bridgehead atoms. The third kappa shape index (κ3) is 2.91. The Labute approximate surface area is 124 Å². The first-order valence-electron chi connectivity index (χ1n) is 7.19. The summed E-state index contributed by atoms with van der Waals surface area (Å²) in [5, 5.41) is 7.07. The predicted molar refractivity (Wildman–Crippen MR) is 82.5 cm³/mol. The van der Waals surface area contributed by atoms with Crippen molar-refractivity contribution in [2.45, 2.75) is 31.7 Å². The third-order valence-corrected chi connectivity index (χ3v) is 4.44. The smallest absolute Gasteiger partial charge is 0.228 e. The number of hydrogen-bond acceptors (Lipinski definition) is 3. The third-order valence-electron chi connectivity index (χ3n) is 4.13. The standard InChI is InChI=1S/C15H20ClN3O/c1-19-5-2-3-11(4-6-19)17-14-7-10-8-15(20)18-13(10)9-12(14)16/h7,9,11,17H,2-6,8H2,1H3,(H,18,20). The number of likely N-dealkylation sites (tertiary alicyclic amines) is 1. The summed E-state index contributed by atoms with van der Waals surface area (Å²) in [6, 6.07) is 4.33. The van der Waals surface area contributed by atoms with E-state index in [-0.39, 0.29) is 5.91 Å². The normalized spacial score (nSPS) is 23.1. The molecule has 1 fully saturated rings. The Kier molecular flexibility index (Phi) is 3.85. The average Bonchev–Trinajstić information content (AvgIpc) is 2.61. The Hall–Kier alpha value is -1.26. The van der Waals surface area contributed by atoms with Crippen LogP contribution in [-0.2, 0) is 11.2 Å². The van der Waals surface area contributed by atoms with E-state index in [1.807, 2.05) is 12.1 Å². The maximum atomic E-state index is 11.4. The second-order valence-corrected chi connectivity index (χ2v) is 6.20. The van der Waals surface area contributed by atoms with Crippen molar-refractivity contribution in [2.75, 3.05) is 30.8 Å². The molecule has 0 spiro atoms. The van der Waals surface area contributed by atoms with Crippen LogP contribution in [0.1, 0.15) is 24.8 Å². The number of anilines is 2. The van der Waals surface area contributed by atoms with Crippen LogP contribution in [0.25, 0.3) is 0 Å². The summed E-state index contributed by atoms with van der Waals surface area (Å²) in [4.78, 5) is 13.8. The SMILES string of the molecule is CN1CCCC(Nc2cc3c(cc2Cl)NC(=O)C3)CC1. The number of hydrogen-bond donors (Lipinski definition) is 2. The highest BCUT2D eigenvalue weighted by Gasteiger charge is 2.21. The highest BCUT2D eigenvalue weighted by Crippen LogP contribution is 2.33. The van der Waals surface area contributed by atoms with Gasteiger partial charge in [-0.1, -0.05) is 11.6 Å². The predicted octanol–water partition coefficient (Wildman–Crippen LogP) is 2.73. The lowest BCUT2D eigenvalue weighted by atomic mass is 10.1. The molecule has 0 aromatic heterocycles. The first-order valence-corrected chi connectivity index (χ1v) is 7.57. The summed E-state index contributed by atoms with van der Waals surface area (Å²) < 4.78 is 0. The van der Waals surface area contributed by atoms with Gasteiger partial charge in [0, 0.05) is 11.7 Å². The monoisotopic (exact) mass is 293 g/mol. The molecule has 0 saturated carbocycles. The molecule has 108 valence electrons. The van der Waals surface area contributed by atoms with Crippen LogP contribution in [-0.4, -0.2) is 37.0 Å². The zero-order valence-electron chi connectivity index (χ0n) is 11.7. The number of carbonyl (C=O) groups is 1. The molecule has 2 heterocycles. The van der Waals surface area contributed by atoms with E-state index in [0.717, 1.165) is 42.9 Å². The lowest BCUT2D eigenvalue weighted by Gasteiger charge is -2.19. The van der Waals surface area contributed by atoms with Crippen molar-refractivity contribution in [1.82, 2.24) is 4.90 Å². The molecular formula is C15H20ClN3O. The Morgan fingerprint density at radius 2 is 2.20 bits per heavy atom. The van der Waals surface area contributed by atoms with Crippen molar-refractivity contribution < 1.29 is 4.79 Å². The van der Waals surface area contributed by atoms with E-state index in [0.29, 0.717) is 17.5 Å². The van der Waals surface area contributed by atoms with Crippen molar-refractivity contribution in [2.24, 2.45) is 0 Å². The van der Waals surface area contributed by atoms with Gasteiger partial charge < -0.3 is 15.5 Å². The van der Waals surface area contributed by atoms with Gasteiger partial charge in [0.15, 0.2) is 0 Å². The molecule has 3 rings (SSSR count). The fraction of sp³-hybridized carbons (Fsp3) is 0.533. The van der Waals surface area contributed by atoms with Gasteiger partial charge in [-0.2, -0.15) is 0 Å². The summed E-state index contributed by atoms with van der Waals surface area (Å²) in [5.74, 6) is 0.0457. The van der Waals surface area contributed by atoms with Crippen molar-refractivity contribution in [3.63, 3.8) is 0 Å². The summed E-state index contributed by atoms with van der Waals surface area (Å²) in [5.41, 5.74) is 2.84. The summed E-state index contributed by atoms with van der Waals surface area (Å²) >= 11 is 6.32. The second kappa shape index (κ2) is 5.62. The molecule has 2 aliphatic rings. The molecule has 1 amide bonds. The molecule has 0 radical (unpaired) electrons. The topological polar surface area (TPSA) is 44.4 Å². The number of amides is 1. The minimum atomic E-state index is 0.0457. The maximum absolute atomic E-state index is 11.4. The van der Waals surface area contributed by atoms with Gasteiger partial charge in [0.05, 0.1) is 17.1 Å². The van der Waals surface area contributed by atoms with E-state index in [1.165, 1.54) is 6.42 Å². The highest BCUT2D eigenvalue weighted by molar-refractivity contribution is 6.33. The van der Waals surface area contributed by atoms with Crippen LogP contribution in [0.15, 0.2) is 12.1 Å². The van der Waals surface area contributed by atoms with Gasteiger partial charge in [0.1, 0.15) is 0 Å². The number of fused-ring (bicyclic) bond motifs is 1. The number of rotatable bonds is 2. The second-order valence-electron chi connectivity index (χ2n) is 5.79. The zero-order valence-corrected chi connectivity index (χ0v) is 12.5. The molecule has 0 aliphatic carbocycles. The van der Waals surface area contributed by atoms with Gasteiger partial charge in [0.25, 0.3) is 0 Å². The van der Waals surface area contributed by atoms with Gasteiger partial charge in [0.2, 0.25) is 5.91 Å². The molecule has 2 N–H and O–H groups in total. The molecule has 2 aliphatic heterocycles. The number of nitrogens with zero attached hydrogens (tertiary/aromatic N) is 1. The highest BCUT2D eigenvalue weighted by atomic mass is 35.5. The van der Waals surface area contributed by atoms with Gasteiger partial charge in [-0.3, -0.25) is 4.79 Å². The molecule has 1 aromatic rings. The zero-order chi connectivity index (χ0) is 14.1. The van der Waals surface area contributed by atoms with E-state index in [1.54, 1.807) is 0 Å². The van der Waals surface area contributed by atoms with E-state index in [2.05, 4.69) is 22.6 Å². The number of benzene rings is 1. The average molecular weight is 294 g/mol. The quantitative estimate of drug-likeness (QED) is 0.881. The van der Waals surface area contributed by atoms with Crippen molar-refractivity contribution in [1.29, 1.82) is 0 Å². The van der Waals surface area contributed by atoms with Crippen LogP contribution in [0, 0.1) is 0 Å². The minimum absolute atomic E-state index is 0.0457. The van der Waals surface area contributed by atoms with Gasteiger partial charge in [-0.05, 0) is 57.1 Å². The van der Waals surface area contributed by atoms with Gasteiger partial charge >= 0.3 is 0 Å². The number of carbonyl (C=O) groups excluding carboxylic acids is 1. The van der Waals surface area contributed by atoms with E-state index in [4.69, 9.17) is 11.6 Å². The minimum Gasteiger partial charge on any atom is -0.381 e. The summed E-state index contributed by atoms with van der Waals surface area (Å²) in [6.45, 7) is 2.27. The number of halogens is 1. The van der Waals surface area contributed by atoms with E-state index >= 15 is 0 Å². The lowest BCUT2D eigenvalue weighted by molar-refractivity contribution is -0.115. The molecule has 20 heavy (non-hydrogen) atoms. The van der Waals surface area contributed by atoms with E-state index in [9.17, 15) is 4.79 Å². The first-order chi connectivity index (χ1) is 9.61. The van der Waals surface area contributed by atoms with Crippen LogP contribution in [0.3, 0.4) is 0 Å². The first kappa shape index (κ1) is 13.7. The van der Waals surface area contributed by atoms with Crippen LogP contribution < -0.4 is 10.6 Å². The van der Waals surface area contributed by atoms with Crippen molar-refractivity contribution >= 4 is 28.9 Å². The fourth-order valence-corrected chi connectivity index (χ4v) is 3.18. The Morgan fingerprint density at radius 1 is 1.35 bits per heavy atom. The molecule has 1 aromatic carbocycles. The molecule has 1 atom stereocenters.